The van der Waals surface area contributed by atoms with Crippen LogP contribution < -0.4 is 9.47 Å². The molecule has 1 saturated heterocycles. The van der Waals surface area contributed by atoms with E-state index in [4.69, 9.17) is 9.47 Å². The van der Waals surface area contributed by atoms with Crippen LogP contribution in [0.3, 0.4) is 0 Å². The standard InChI is InChI=1S/C19H23N3O3S/c1-3-26-16-9-5-4-8-15(16)19(23)22-12-6-7-14(13-22)25-18-11-10-17(24-2)20-21-18/h4-5,8-11,14H,3,6-7,12-13H2,1-2H3. The summed E-state index contributed by atoms with van der Waals surface area (Å²) in [6.07, 6.45) is 1.72. The molecule has 1 unspecified atom stereocenters. The van der Waals surface area contributed by atoms with Gasteiger partial charge < -0.3 is 14.4 Å². The number of aromatic nitrogens is 2. The van der Waals surface area contributed by atoms with Gasteiger partial charge in [0.15, 0.2) is 0 Å². The third-order valence-corrected chi connectivity index (χ3v) is 5.15. The van der Waals surface area contributed by atoms with Crippen molar-refractivity contribution in [2.75, 3.05) is 26.0 Å². The number of amides is 1. The molecule has 0 spiro atoms. The van der Waals surface area contributed by atoms with Gasteiger partial charge in [0.2, 0.25) is 11.8 Å². The molecule has 2 heterocycles. The van der Waals surface area contributed by atoms with E-state index in [9.17, 15) is 4.79 Å². The third kappa shape index (κ3) is 4.46. The molecule has 1 aromatic carbocycles. The Morgan fingerprint density at radius 1 is 1.23 bits per heavy atom. The Morgan fingerprint density at radius 3 is 2.73 bits per heavy atom. The van der Waals surface area contributed by atoms with E-state index >= 15 is 0 Å². The van der Waals surface area contributed by atoms with Gasteiger partial charge in [0.25, 0.3) is 5.91 Å². The molecule has 0 bridgehead atoms. The van der Waals surface area contributed by atoms with Crippen LogP contribution in [0.15, 0.2) is 41.3 Å². The van der Waals surface area contributed by atoms with Gasteiger partial charge in [-0.2, -0.15) is 0 Å². The number of methoxy groups -OCH3 is 1. The molecule has 1 aliphatic rings. The lowest BCUT2D eigenvalue weighted by atomic mass is 10.1. The smallest absolute Gasteiger partial charge is 0.255 e. The first-order valence-electron chi connectivity index (χ1n) is 8.76. The van der Waals surface area contributed by atoms with Crippen molar-refractivity contribution < 1.29 is 14.3 Å². The van der Waals surface area contributed by atoms with Crippen LogP contribution in [0.2, 0.25) is 0 Å². The number of nitrogens with zero attached hydrogens (tertiary/aromatic N) is 3. The van der Waals surface area contributed by atoms with Crippen molar-refractivity contribution in [1.29, 1.82) is 0 Å². The molecule has 1 atom stereocenters. The van der Waals surface area contributed by atoms with Crippen molar-refractivity contribution in [2.45, 2.75) is 30.8 Å². The zero-order chi connectivity index (χ0) is 18.4. The number of ether oxygens (including phenoxy) is 2. The van der Waals surface area contributed by atoms with Gasteiger partial charge >= 0.3 is 0 Å². The van der Waals surface area contributed by atoms with Gasteiger partial charge in [0, 0.05) is 23.6 Å². The van der Waals surface area contributed by atoms with E-state index < -0.39 is 0 Å². The largest absolute Gasteiger partial charge is 0.480 e. The van der Waals surface area contributed by atoms with Gasteiger partial charge in [-0.25, -0.2) is 0 Å². The topological polar surface area (TPSA) is 64.6 Å². The van der Waals surface area contributed by atoms with Gasteiger partial charge in [-0.05, 0) is 30.7 Å². The van der Waals surface area contributed by atoms with Gasteiger partial charge in [0.1, 0.15) is 6.10 Å². The molecule has 6 nitrogen and oxygen atoms in total. The Labute approximate surface area is 157 Å². The average Bonchev–Trinajstić information content (AvgIpc) is 2.69. The molecular formula is C19H23N3O3S. The first-order valence-corrected chi connectivity index (χ1v) is 9.75. The maximum absolute atomic E-state index is 13.0. The fraction of sp³-hybridized carbons (Fsp3) is 0.421. The predicted octanol–water partition coefficient (Wildman–Crippen LogP) is 3.28. The molecule has 0 radical (unpaired) electrons. The molecule has 1 aromatic heterocycles. The second kappa shape index (κ2) is 8.89. The minimum atomic E-state index is -0.0821. The third-order valence-electron chi connectivity index (χ3n) is 4.19. The molecule has 0 N–H and O–H groups in total. The summed E-state index contributed by atoms with van der Waals surface area (Å²) in [7, 11) is 1.55. The van der Waals surface area contributed by atoms with Crippen molar-refractivity contribution in [3.63, 3.8) is 0 Å². The monoisotopic (exact) mass is 373 g/mol. The average molecular weight is 373 g/mol. The minimum Gasteiger partial charge on any atom is -0.480 e. The number of hydrogen-bond acceptors (Lipinski definition) is 6. The Bertz CT molecular complexity index is 739. The van der Waals surface area contributed by atoms with Gasteiger partial charge in [0.05, 0.1) is 19.2 Å². The fourth-order valence-electron chi connectivity index (χ4n) is 2.96. The lowest BCUT2D eigenvalue weighted by molar-refractivity contribution is 0.0522. The summed E-state index contributed by atoms with van der Waals surface area (Å²) >= 11 is 1.69. The van der Waals surface area contributed by atoms with Gasteiger partial charge in [-0.15, -0.1) is 22.0 Å². The second-order valence-corrected chi connectivity index (χ2v) is 7.28. The highest BCUT2D eigenvalue weighted by molar-refractivity contribution is 7.99. The van der Waals surface area contributed by atoms with E-state index in [1.165, 1.54) is 0 Å². The molecule has 3 rings (SSSR count). The van der Waals surface area contributed by atoms with Crippen molar-refractivity contribution >= 4 is 17.7 Å². The quantitative estimate of drug-likeness (QED) is 0.724. The van der Waals surface area contributed by atoms with Crippen molar-refractivity contribution in [3.8, 4) is 11.8 Å². The van der Waals surface area contributed by atoms with Crippen molar-refractivity contribution in [1.82, 2.24) is 15.1 Å². The van der Waals surface area contributed by atoms with Crippen molar-refractivity contribution in [3.05, 3.63) is 42.0 Å². The zero-order valence-corrected chi connectivity index (χ0v) is 15.9. The van der Waals surface area contributed by atoms with Crippen LogP contribution in [0.1, 0.15) is 30.1 Å². The van der Waals surface area contributed by atoms with Crippen LogP contribution >= 0.6 is 11.8 Å². The summed E-state index contributed by atoms with van der Waals surface area (Å²) < 4.78 is 10.9. The highest BCUT2D eigenvalue weighted by Crippen LogP contribution is 2.25. The molecule has 26 heavy (non-hydrogen) atoms. The molecule has 1 amide bonds. The van der Waals surface area contributed by atoms with Crippen molar-refractivity contribution in [2.24, 2.45) is 0 Å². The lowest BCUT2D eigenvalue weighted by Crippen LogP contribution is -2.44. The maximum atomic E-state index is 13.0. The number of hydrogen-bond donors (Lipinski definition) is 0. The van der Waals surface area contributed by atoms with E-state index in [2.05, 4.69) is 17.1 Å². The van der Waals surface area contributed by atoms with Crippen LogP contribution in [0.4, 0.5) is 0 Å². The molecule has 7 heteroatoms. The number of piperidine rings is 1. The Morgan fingerprint density at radius 2 is 2.00 bits per heavy atom. The summed E-state index contributed by atoms with van der Waals surface area (Å²) in [4.78, 5) is 15.9. The molecule has 0 aliphatic carbocycles. The summed E-state index contributed by atoms with van der Waals surface area (Å²) in [6, 6.07) is 11.2. The van der Waals surface area contributed by atoms with Crippen LogP contribution in [-0.4, -0.2) is 53.1 Å². The normalized spacial score (nSPS) is 17.0. The molecule has 1 aliphatic heterocycles. The first-order chi connectivity index (χ1) is 12.7. The van der Waals surface area contributed by atoms with Crippen LogP contribution in [-0.2, 0) is 0 Å². The summed E-state index contributed by atoms with van der Waals surface area (Å²) in [6.45, 7) is 3.39. The number of likely N-dealkylation sites (tertiary alicyclic amines) is 1. The van der Waals surface area contributed by atoms with Crippen LogP contribution in [0.5, 0.6) is 11.8 Å². The van der Waals surface area contributed by atoms with E-state index in [1.54, 1.807) is 31.0 Å². The summed E-state index contributed by atoms with van der Waals surface area (Å²) in [5, 5.41) is 7.92. The minimum absolute atomic E-state index is 0.0654. The number of benzene rings is 1. The Hall–Kier alpha value is -2.28. The van der Waals surface area contributed by atoms with E-state index in [0.717, 1.165) is 35.6 Å². The molecule has 0 saturated carbocycles. The van der Waals surface area contributed by atoms with Gasteiger partial charge in [-0.1, -0.05) is 19.1 Å². The van der Waals surface area contributed by atoms with E-state index in [0.29, 0.717) is 18.3 Å². The highest BCUT2D eigenvalue weighted by Gasteiger charge is 2.27. The molecule has 138 valence electrons. The van der Waals surface area contributed by atoms with Crippen LogP contribution in [0.25, 0.3) is 0 Å². The highest BCUT2D eigenvalue weighted by atomic mass is 32.2. The number of carbonyl (C=O) groups excluding carboxylic acids is 1. The zero-order valence-electron chi connectivity index (χ0n) is 15.1. The van der Waals surface area contributed by atoms with Gasteiger partial charge in [-0.3, -0.25) is 4.79 Å². The molecule has 2 aromatic rings. The molecular weight excluding hydrogens is 350 g/mol. The lowest BCUT2D eigenvalue weighted by Gasteiger charge is -2.33. The molecule has 1 fully saturated rings. The fourth-order valence-corrected chi connectivity index (χ4v) is 3.76. The predicted molar refractivity (Wildman–Crippen MR) is 101 cm³/mol. The van der Waals surface area contributed by atoms with E-state index in [1.807, 2.05) is 29.2 Å². The Balaban J connectivity index is 1.67. The number of thioether (sulfide) groups is 1. The number of rotatable bonds is 6. The Kier molecular flexibility index (Phi) is 6.33. The SMILES string of the molecule is CCSc1ccccc1C(=O)N1CCCC(Oc2ccc(OC)nn2)C1. The van der Waals surface area contributed by atoms with E-state index in [-0.39, 0.29) is 12.0 Å². The second-order valence-electron chi connectivity index (χ2n) is 5.98. The van der Waals surface area contributed by atoms with Crippen LogP contribution in [0, 0.1) is 0 Å². The summed E-state index contributed by atoms with van der Waals surface area (Å²) in [5.74, 6) is 1.90. The summed E-state index contributed by atoms with van der Waals surface area (Å²) in [5.41, 5.74) is 0.768. The number of carbonyl (C=O) groups is 1. The maximum Gasteiger partial charge on any atom is 0.255 e. The first kappa shape index (κ1) is 18.5.